The molecule has 2 aromatic carbocycles. The molecule has 0 aliphatic carbocycles. The quantitative estimate of drug-likeness (QED) is 0.805. The standard InChI is InChI=1S/C18H22BrNO/c1-4-20-18(16-10-7-11-17(19)13(16)3)14-8-6-9-15(12-14)21-5-2/h6-12,18,20H,4-5H2,1-3H3. The zero-order valence-electron chi connectivity index (χ0n) is 12.8. The van der Waals surface area contributed by atoms with Crippen molar-refractivity contribution in [2.75, 3.05) is 13.2 Å². The number of halogens is 1. The van der Waals surface area contributed by atoms with Crippen molar-refractivity contribution in [3.05, 3.63) is 63.6 Å². The van der Waals surface area contributed by atoms with Gasteiger partial charge in [-0.2, -0.15) is 0 Å². The molecule has 0 saturated heterocycles. The Bertz CT molecular complexity index is 598. The van der Waals surface area contributed by atoms with Gasteiger partial charge < -0.3 is 10.1 Å². The molecule has 0 bridgehead atoms. The maximum Gasteiger partial charge on any atom is 0.119 e. The lowest BCUT2D eigenvalue weighted by molar-refractivity contribution is 0.339. The van der Waals surface area contributed by atoms with E-state index in [1.165, 1.54) is 16.7 Å². The first-order chi connectivity index (χ1) is 10.2. The van der Waals surface area contributed by atoms with Crippen LogP contribution in [0.1, 0.15) is 36.6 Å². The number of hydrogen-bond donors (Lipinski definition) is 1. The maximum atomic E-state index is 5.63. The van der Waals surface area contributed by atoms with E-state index in [-0.39, 0.29) is 6.04 Å². The Balaban J connectivity index is 2.43. The molecular formula is C18H22BrNO. The fourth-order valence-corrected chi connectivity index (χ4v) is 2.88. The van der Waals surface area contributed by atoms with Gasteiger partial charge in [0.25, 0.3) is 0 Å². The van der Waals surface area contributed by atoms with E-state index in [1.54, 1.807) is 0 Å². The van der Waals surface area contributed by atoms with E-state index in [1.807, 2.05) is 13.0 Å². The molecule has 3 heteroatoms. The number of benzene rings is 2. The second kappa shape index (κ2) is 7.62. The van der Waals surface area contributed by atoms with Gasteiger partial charge in [0, 0.05) is 4.47 Å². The average Bonchev–Trinajstić information content (AvgIpc) is 2.49. The van der Waals surface area contributed by atoms with Gasteiger partial charge in [-0.3, -0.25) is 0 Å². The number of rotatable bonds is 6. The third-order valence-electron chi connectivity index (χ3n) is 3.53. The summed E-state index contributed by atoms with van der Waals surface area (Å²) < 4.78 is 6.77. The SMILES string of the molecule is CCNC(c1cccc(OCC)c1)c1cccc(Br)c1C. The molecular weight excluding hydrogens is 326 g/mol. The molecule has 0 aliphatic rings. The molecule has 0 aliphatic heterocycles. The molecule has 2 nitrogen and oxygen atoms in total. The number of hydrogen-bond acceptors (Lipinski definition) is 2. The van der Waals surface area contributed by atoms with Gasteiger partial charge >= 0.3 is 0 Å². The number of ether oxygens (including phenoxy) is 1. The highest BCUT2D eigenvalue weighted by Crippen LogP contribution is 2.30. The first-order valence-corrected chi connectivity index (χ1v) is 8.17. The Hall–Kier alpha value is -1.32. The summed E-state index contributed by atoms with van der Waals surface area (Å²) >= 11 is 3.62. The largest absolute Gasteiger partial charge is 0.494 e. The zero-order chi connectivity index (χ0) is 15.2. The van der Waals surface area contributed by atoms with E-state index in [2.05, 4.69) is 71.5 Å². The van der Waals surface area contributed by atoms with E-state index in [0.29, 0.717) is 6.61 Å². The van der Waals surface area contributed by atoms with Crippen molar-refractivity contribution < 1.29 is 4.74 Å². The molecule has 0 radical (unpaired) electrons. The molecule has 1 unspecified atom stereocenters. The molecule has 21 heavy (non-hydrogen) atoms. The van der Waals surface area contributed by atoms with Gasteiger partial charge in [-0.05, 0) is 55.3 Å². The predicted octanol–water partition coefficient (Wildman–Crippen LogP) is 4.86. The lowest BCUT2D eigenvalue weighted by atomic mass is 9.95. The van der Waals surface area contributed by atoms with Crippen molar-refractivity contribution in [2.24, 2.45) is 0 Å². The Labute approximate surface area is 135 Å². The second-order valence-corrected chi connectivity index (χ2v) is 5.80. The first-order valence-electron chi connectivity index (χ1n) is 7.38. The van der Waals surface area contributed by atoms with Gasteiger partial charge in [-0.15, -0.1) is 0 Å². The van der Waals surface area contributed by atoms with Crippen LogP contribution in [0.25, 0.3) is 0 Å². The minimum atomic E-state index is 0.174. The van der Waals surface area contributed by atoms with Crippen molar-refractivity contribution in [1.29, 1.82) is 0 Å². The lowest BCUT2D eigenvalue weighted by Gasteiger charge is -2.22. The molecule has 0 saturated carbocycles. The van der Waals surface area contributed by atoms with Crippen LogP contribution >= 0.6 is 15.9 Å². The highest BCUT2D eigenvalue weighted by molar-refractivity contribution is 9.10. The van der Waals surface area contributed by atoms with E-state index in [9.17, 15) is 0 Å². The minimum absolute atomic E-state index is 0.174. The van der Waals surface area contributed by atoms with E-state index in [0.717, 1.165) is 16.8 Å². The Morgan fingerprint density at radius 2 is 1.90 bits per heavy atom. The molecule has 0 fully saturated rings. The van der Waals surface area contributed by atoms with Gasteiger partial charge in [0.05, 0.1) is 12.6 Å². The minimum Gasteiger partial charge on any atom is -0.494 e. The van der Waals surface area contributed by atoms with Crippen molar-refractivity contribution in [3.8, 4) is 5.75 Å². The molecule has 1 N–H and O–H groups in total. The summed E-state index contributed by atoms with van der Waals surface area (Å²) in [6.45, 7) is 7.89. The second-order valence-electron chi connectivity index (χ2n) is 4.95. The van der Waals surface area contributed by atoms with Crippen molar-refractivity contribution in [2.45, 2.75) is 26.8 Å². The lowest BCUT2D eigenvalue weighted by Crippen LogP contribution is -2.23. The molecule has 0 aromatic heterocycles. The van der Waals surface area contributed by atoms with Gasteiger partial charge in [-0.1, -0.05) is 47.1 Å². The molecule has 112 valence electrons. The van der Waals surface area contributed by atoms with Crippen LogP contribution < -0.4 is 10.1 Å². The monoisotopic (exact) mass is 347 g/mol. The van der Waals surface area contributed by atoms with Crippen LogP contribution in [0.3, 0.4) is 0 Å². The molecule has 0 amide bonds. The van der Waals surface area contributed by atoms with Crippen molar-refractivity contribution in [1.82, 2.24) is 5.32 Å². The van der Waals surface area contributed by atoms with Crippen LogP contribution in [-0.2, 0) is 0 Å². The molecule has 2 rings (SSSR count). The van der Waals surface area contributed by atoms with Crippen LogP contribution in [0, 0.1) is 6.92 Å². The molecule has 2 aromatic rings. The third kappa shape index (κ3) is 3.86. The van der Waals surface area contributed by atoms with E-state index in [4.69, 9.17) is 4.74 Å². The maximum absolute atomic E-state index is 5.63. The summed E-state index contributed by atoms with van der Waals surface area (Å²) in [7, 11) is 0. The Kier molecular flexibility index (Phi) is 5.83. The average molecular weight is 348 g/mol. The summed E-state index contributed by atoms with van der Waals surface area (Å²) in [5.41, 5.74) is 3.79. The highest BCUT2D eigenvalue weighted by Gasteiger charge is 2.16. The summed E-state index contributed by atoms with van der Waals surface area (Å²) in [4.78, 5) is 0. The summed E-state index contributed by atoms with van der Waals surface area (Å²) in [6, 6.07) is 14.9. The predicted molar refractivity (Wildman–Crippen MR) is 92.0 cm³/mol. The van der Waals surface area contributed by atoms with Gasteiger partial charge in [0.15, 0.2) is 0 Å². The van der Waals surface area contributed by atoms with Crippen molar-refractivity contribution >= 4 is 15.9 Å². The molecule has 0 heterocycles. The Morgan fingerprint density at radius 3 is 2.62 bits per heavy atom. The fourth-order valence-electron chi connectivity index (χ4n) is 2.50. The third-order valence-corrected chi connectivity index (χ3v) is 4.39. The fraction of sp³-hybridized carbons (Fsp3) is 0.333. The van der Waals surface area contributed by atoms with E-state index >= 15 is 0 Å². The van der Waals surface area contributed by atoms with Crippen LogP contribution in [-0.4, -0.2) is 13.2 Å². The van der Waals surface area contributed by atoms with E-state index < -0.39 is 0 Å². The van der Waals surface area contributed by atoms with Gasteiger partial charge in [0.2, 0.25) is 0 Å². The summed E-state index contributed by atoms with van der Waals surface area (Å²) in [6.07, 6.45) is 0. The van der Waals surface area contributed by atoms with Crippen LogP contribution in [0.2, 0.25) is 0 Å². The zero-order valence-corrected chi connectivity index (χ0v) is 14.4. The summed E-state index contributed by atoms with van der Waals surface area (Å²) in [5.74, 6) is 0.922. The first kappa shape index (κ1) is 16.1. The van der Waals surface area contributed by atoms with Crippen LogP contribution in [0.15, 0.2) is 46.9 Å². The van der Waals surface area contributed by atoms with Gasteiger partial charge in [-0.25, -0.2) is 0 Å². The highest BCUT2D eigenvalue weighted by atomic mass is 79.9. The normalized spacial score (nSPS) is 12.2. The van der Waals surface area contributed by atoms with Crippen LogP contribution in [0.4, 0.5) is 0 Å². The topological polar surface area (TPSA) is 21.3 Å². The smallest absolute Gasteiger partial charge is 0.119 e. The molecule has 0 spiro atoms. The van der Waals surface area contributed by atoms with Crippen LogP contribution in [0.5, 0.6) is 5.75 Å². The molecule has 1 atom stereocenters. The van der Waals surface area contributed by atoms with Gasteiger partial charge in [0.1, 0.15) is 5.75 Å². The number of nitrogens with one attached hydrogen (secondary N) is 1. The van der Waals surface area contributed by atoms with Crippen molar-refractivity contribution in [3.63, 3.8) is 0 Å². The Morgan fingerprint density at radius 1 is 1.14 bits per heavy atom. The summed E-state index contributed by atoms with van der Waals surface area (Å²) in [5, 5.41) is 3.58.